The molecule has 1 aromatic rings. The number of benzene rings is 1. The van der Waals surface area contributed by atoms with E-state index >= 15 is 0 Å². The van der Waals surface area contributed by atoms with Crippen molar-refractivity contribution < 1.29 is 19.1 Å². The Morgan fingerprint density at radius 3 is 2.65 bits per heavy atom. The minimum Gasteiger partial charge on any atom is -0.481 e. The number of carboxylic acid groups (broad SMARTS) is 1. The molecule has 1 saturated heterocycles. The Labute approximate surface area is 153 Å². The normalized spacial score (nSPS) is 22.7. The van der Waals surface area contributed by atoms with Gasteiger partial charge in [0.15, 0.2) is 0 Å². The molecule has 1 aromatic carbocycles. The van der Waals surface area contributed by atoms with Crippen molar-refractivity contribution in [3.8, 4) is 0 Å². The van der Waals surface area contributed by atoms with Gasteiger partial charge in [-0.3, -0.25) is 4.79 Å². The van der Waals surface area contributed by atoms with Gasteiger partial charge in [0.05, 0.1) is 11.1 Å². The minimum atomic E-state index is -0.735. The van der Waals surface area contributed by atoms with Gasteiger partial charge in [-0.05, 0) is 56.6 Å². The van der Waals surface area contributed by atoms with Gasteiger partial charge < -0.3 is 14.8 Å². The van der Waals surface area contributed by atoms with Crippen molar-refractivity contribution in [2.24, 2.45) is 10.6 Å². The van der Waals surface area contributed by atoms with Gasteiger partial charge >= 0.3 is 5.97 Å². The van der Waals surface area contributed by atoms with Crippen LogP contribution in [0.1, 0.15) is 51.0 Å². The van der Waals surface area contributed by atoms with Crippen molar-refractivity contribution in [3.63, 3.8) is 0 Å². The molecular formula is C20H27FN2O3. The number of hydrogen-bond donors (Lipinski definition) is 1. The lowest BCUT2D eigenvalue weighted by atomic mass is 9.73. The van der Waals surface area contributed by atoms with Gasteiger partial charge in [0.25, 0.3) is 0 Å². The Morgan fingerprint density at radius 2 is 2.04 bits per heavy atom. The zero-order valence-electron chi connectivity index (χ0n) is 15.3. The predicted molar refractivity (Wildman–Crippen MR) is 97.7 cm³/mol. The van der Waals surface area contributed by atoms with E-state index < -0.39 is 11.4 Å². The first-order valence-corrected chi connectivity index (χ1v) is 9.47. The Bertz CT molecular complexity index is 652. The number of hydrogen-bond acceptors (Lipinski definition) is 4. The van der Waals surface area contributed by atoms with E-state index in [1.807, 2.05) is 0 Å². The Hall–Kier alpha value is -1.95. The van der Waals surface area contributed by atoms with Crippen LogP contribution in [0.15, 0.2) is 29.4 Å². The van der Waals surface area contributed by atoms with Crippen LogP contribution >= 0.6 is 0 Å². The highest BCUT2D eigenvalue weighted by Gasteiger charge is 2.44. The summed E-state index contributed by atoms with van der Waals surface area (Å²) in [5.41, 5.74) is 0.852. The quantitative estimate of drug-likeness (QED) is 0.804. The fraction of sp³-hybridized carbons (Fsp3) is 0.600. The van der Waals surface area contributed by atoms with Crippen LogP contribution in [0.3, 0.4) is 0 Å². The summed E-state index contributed by atoms with van der Waals surface area (Å²) in [6.45, 7) is 4.86. The Morgan fingerprint density at radius 1 is 1.35 bits per heavy atom. The van der Waals surface area contributed by atoms with Crippen molar-refractivity contribution >= 4 is 11.7 Å². The van der Waals surface area contributed by atoms with Crippen LogP contribution in [0.2, 0.25) is 0 Å². The van der Waals surface area contributed by atoms with Crippen molar-refractivity contribution in [1.82, 2.24) is 4.90 Å². The lowest BCUT2D eigenvalue weighted by Gasteiger charge is -2.39. The molecular weight excluding hydrogens is 335 g/mol. The predicted octanol–water partition coefficient (Wildman–Crippen LogP) is 3.68. The number of carboxylic acids is 1. The van der Waals surface area contributed by atoms with Crippen LogP contribution in [-0.2, 0) is 9.63 Å². The van der Waals surface area contributed by atoms with Gasteiger partial charge in [0.1, 0.15) is 11.9 Å². The van der Waals surface area contributed by atoms with Gasteiger partial charge in [-0.15, -0.1) is 0 Å². The number of unbranched alkanes of at least 4 members (excludes halogenated alkanes) is 1. The Balaban J connectivity index is 1.58. The highest BCUT2D eigenvalue weighted by Crippen LogP contribution is 2.39. The summed E-state index contributed by atoms with van der Waals surface area (Å²) in [5, 5.41) is 14.0. The Kier molecular flexibility index (Phi) is 5.91. The number of rotatable bonds is 7. The molecule has 0 saturated carbocycles. The van der Waals surface area contributed by atoms with E-state index in [9.17, 15) is 14.3 Å². The standard InChI is InChI=1S/C20H27FN2O3/c1-2-3-10-23-11-8-20(9-12-23,19(24)25)14-17-13-18(22-26-17)15-4-6-16(21)7-5-15/h4-7,17H,2-3,8-14H2,1H3,(H,24,25)/t17-/m1/s1. The average Bonchev–Trinajstić information content (AvgIpc) is 3.10. The fourth-order valence-electron chi connectivity index (χ4n) is 3.88. The van der Waals surface area contributed by atoms with E-state index in [1.54, 1.807) is 12.1 Å². The molecule has 2 heterocycles. The van der Waals surface area contributed by atoms with Crippen molar-refractivity contribution in [1.29, 1.82) is 0 Å². The molecule has 2 aliphatic heterocycles. The van der Waals surface area contributed by atoms with E-state index in [0.717, 1.165) is 43.8 Å². The van der Waals surface area contributed by atoms with Crippen LogP contribution in [0.5, 0.6) is 0 Å². The molecule has 1 N–H and O–H groups in total. The molecule has 0 aliphatic carbocycles. The van der Waals surface area contributed by atoms with Crippen LogP contribution < -0.4 is 0 Å². The summed E-state index contributed by atoms with van der Waals surface area (Å²) in [4.78, 5) is 19.9. The van der Waals surface area contributed by atoms with Crippen LogP contribution in [0.25, 0.3) is 0 Å². The molecule has 0 aromatic heterocycles. The summed E-state index contributed by atoms with van der Waals surface area (Å²) in [6.07, 6.45) is 4.42. The minimum absolute atomic E-state index is 0.228. The van der Waals surface area contributed by atoms with Crippen LogP contribution in [-0.4, -0.2) is 47.4 Å². The van der Waals surface area contributed by atoms with E-state index in [4.69, 9.17) is 4.84 Å². The molecule has 3 rings (SSSR count). The molecule has 0 amide bonds. The lowest BCUT2D eigenvalue weighted by molar-refractivity contribution is -0.155. The molecule has 0 radical (unpaired) electrons. The van der Waals surface area contributed by atoms with E-state index in [-0.39, 0.29) is 11.9 Å². The van der Waals surface area contributed by atoms with Gasteiger partial charge in [0, 0.05) is 12.8 Å². The lowest BCUT2D eigenvalue weighted by Crippen LogP contribution is -2.46. The van der Waals surface area contributed by atoms with Crippen LogP contribution in [0.4, 0.5) is 4.39 Å². The maximum atomic E-state index is 13.1. The van der Waals surface area contributed by atoms with Crippen LogP contribution in [0, 0.1) is 11.2 Å². The summed E-state index contributed by atoms with van der Waals surface area (Å²) in [7, 11) is 0. The maximum absolute atomic E-state index is 13.1. The fourth-order valence-corrected chi connectivity index (χ4v) is 3.88. The largest absolute Gasteiger partial charge is 0.481 e. The zero-order valence-corrected chi connectivity index (χ0v) is 15.3. The van der Waals surface area contributed by atoms with E-state index in [2.05, 4.69) is 17.0 Å². The number of nitrogens with zero attached hydrogens (tertiary/aromatic N) is 2. The van der Waals surface area contributed by atoms with E-state index in [1.165, 1.54) is 12.1 Å². The molecule has 0 unspecified atom stereocenters. The summed E-state index contributed by atoms with van der Waals surface area (Å²) in [5.74, 6) is -1.02. The SMILES string of the molecule is CCCCN1CCC(C[C@H]2CC(c3ccc(F)cc3)=NO2)(C(=O)O)CC1. The second-order valence-electron chi connectivity index (χ2n) is 7.46. The van der Waals surface area contributed by atoms with Gasteiger partial charge in [-0.2, -0.15) is 0 Å². The number of piperidine rings is 1. The maximum Gasteiger partial charge on any atom is 0.309 e. The molecule has 142 valence electrons. The number of likely N-dealkylation sites (tertiary alicyclic amines) is 1. The second kappa shape index (κ2) is 8.16. The first kappa shape index (κ1) is 18.8. The molecule has 6 heteroatoms. The summed E-state index contributed by atoms with van der Waals surface area (Å²) >= 11 is 0. The summed E-state index contributed by atoms with van der Waals surface area (Å²) < 4.78 is 13.1. The van der Waals surface area contributed by atoms with Gasteiger partial charge in [-0.1, -0.05) is 30.6 Å². The molecule has 26 heavy (non-hydrogen) atoms. The highest BCUT2D eigenvalue weighted by molar-refractivity contribution is 6.01. The first-order valence-electron chi connectivity index (χ1n) is 9.47. The third-order valence-corrected chi connectivity index (χ3v) is 5.62. The van der Waals surface area contributed by atoms with Crippen molar-refractivity contribution in [2.75, 3.05) is 19.6 Å². The smallest absolute Gasteiger partial charge is 0.309 e. The number of aliphatic carboxylic acids is 1. The van der Waals surface area contributed by atoms with E-state index in [0.29, 0.717) is 25.7 Å². The molecule has 1 atom stereocenters. The zero-order chi connectivity index (χ0) is 18.6. The van der Waals surface area contributed by atoms with Gasteiger partial charge in [-0.25, -0.2) is 4.39 Å². The highest BCUT2D eigenvalue weighted by atomic mass is 19.1. The number of halogens is 1. The molecule has 0 bridgehead atoms. The van der Waals surface area contributed by atoms with Crippen molar-refractivity contribution in [3.05, 3.63) is 35.6 Å². The van der Waals surface area contributed by atoms with Crippen molar-refractivity contribution in [2.45, 2.75) is 51.6 Å². The van der Waals surface area contributed by atoms with Gasteiger partial charge in [0.2, 0.25) is 0 Å². The number of oxime groups is 1. The number of carbonyl (C=O) groups is 1. The second-order valence-corrected chi connectivity index (χ2v) is 7.46. The molecule has 0 spiro atoms. The molecule has 2 aliphatic rings. The molecule has 5 nitrogen and oxygen atoms in total. The third kappa shape index (κ3) is 4.23. The monoisotopic (exact) mass is 362 g/mol. The topological polar surface area (TPSA) is 62.1 Å². The molecule has 1 fully saturated rings. The first-order chi connectivity index (χ1) is 12.5. The average molecular weight is 362 g/mol. The third-order valence-electron chi connectivity index (χ3n) is 5.62. The summed E-state index contributed by atoms with van der Waals surface area (Å²) in [6, 6.07) is 6.16.